The van der Waals surface area contributed by atoms with Crippen molar-refractivity contribution < 1.29 is 4.79 Å². The fraction of sp³-hybridized carbons (Fsp3) is 0.429. The second-order valence-corrected chi connectivity index (χ2v) is 2.97. The van der Waals surface area contributed by atoms with Gasteiger partial charge in [-0.2, -0.15) is 9.89 Å². The third-order valence-corrected chi connectivity index (χ3v) is 1.78. The molecule has 0 radical (unpaired) electrons. The first-order valence-electron chi connectivity index (χ1n) is 3.87. The molecule has 1 amide bonds. The van der Waals surface area contributed by atoms with Gasteiger partial charge in [-0.15, -0.1) is 0 Å². The van der Waals surface area contributed by atoms with Crippen LogP contribution in [0.25, 0.3) is 0 Å². The molecular formula is C7H10N4O. The van der Waals surface area contributed by atoms with Gasteiger partial charge in [0.15, 0.2) is 0 Å². The number of nitrogen functional groups attached to an aromatic ring is 1. The topological polar surface area (TPSA) is 72.9 Å². The van der Waals surface area contributed by atoms with E-state index in [9.17, 15) is 4.79 Å². The first-order valence-corrected chi connectivity index (χ1v) is 3.87. The van der Waals surface area contributed by atoms with Crippen molar-refractivity contribution in [2.24, 2.45) is 5.92 Å². The van der Waals surface area contributed by atoms with Crippen molar-refractivity contribution in [1.29, 1.82) is 0 Å². The average molecular weight is 166 g/mol. The van der Waals surface area contributed by atoms with Crippen LogP contribution in [0.2, 0.25) is 0 Å². The van der Waals surface area contributed by atoms with Gasteiger partial charge >= 0.3 is 0 Å². The van der Waals surface area contributed by atoms with Crippen molar-refractivity contribution in [2.45, 2.75) is 12.8 Å². The molecule has 1 heterocycles. The Kier molecular flexibility index (Phi) is 1.49. The maximum absolute atomic E-state index is 11.2. The second-order valence-electron chi connectivity index (χ2n) is 2.97. The Morgan fingerprint density at radius 2 is 2.50 bits per heavy atom. The summed E-state index contributed by atoms with van der Waals surface area (Å²) in [5, 5.41) is 3.83. The highest BCUT2D eigenvalue weighted by atomic mass is 16.2. The number of nitrogens with one attached hydrogen (secondary N) is 1. The van der Waals surface area contributed by atoms with Crippen molar-refractivity contribution >= 4 is 11.6 Å². The number of hydrogen-bond acceptors (Lipinski definition) is 3. The van der Waals surface area contributed by atoms with E-state index in [1.165, 1.54) is 11.0 Å². The van der Waals surface area contributed by atoms with Crippen LogP contribution in [0.15, 0.2) is 12.4 Å². The molecule has 12 heavy (non-hydrogen) atoms. The van der Waals surface area contributed by atoms with Crippen LogP contribution in [0, 0.1) is 5.92 Å². The van der Waals surface area contributed by atoms with E-state index in [4.69, 9.17) is 5.73 Å². The van der Waals surface area contributed by atoms with E-state index in [2.05, 4.69) is 10.5 Å². The molecule has 0 aromatic carbocycles. The Bertz CT molecular complexity index is 302. The second kappa shape index (κ2) is 2.51. The summed E-state index contributed by atoms with van der Waals surface area (Å²) in [5.74, 6) is 0.216. The van der Waals surface area contributed by atoms with E-state index in [1.54, 1.807) is 6.20 Å². The van der Waals surface area contributed by atoms with Gasteiger partial charge in [0.1, 0.15) is 0 Å². The standard InChI is InChI=1S/C7H10N4O/c8-6-3-9-11(4-6)10-7(12)5-1-2-5/h3-5H,1-2,8H2,(H,10,12). The highest BCUT2D eigenvalue weighted by molar-refractivity contribution is 5.87. The summed E-state index contributed by atoms with van der Waals surface area (Å²) in [6.45, 7) is 0. The lowest BCUT2D eigenvalue weighted by Crippen LogP contribution is -2.24. The summed E-state index contributed by atoms with van der Waals surface area (Å²) < 4.78 is 0. The van der Waals surface area contributed by atoms with Gasteiger partial charge in [-0.3, -0.25) is 4.79 Å². The van der Waals surface area contributed by atoms with Crippen LogP contribution in [-0.4, -0.2) is 15.8 Å². The Labute approximate surface area is 69.5 Å². The highest BCUT2D eigenvalue weighted by Crippen LogP contribution is 2.28. The zero-order valence-corrected chi connectivity index (χ0v) is 6.53. The van der Waals surface area contributed by atoms with Crippen molar-refractivity contribution in [1.82, 2.24) is 9.89 Å². The molecule has 0 saturated heterocycles. The largest absolute Gasteiger partial charge is 0.396 e. The summed E-state index contributed by atoms with van der Waals surface area (Å²) in [7, 11) is 0. The first kappa shape index (κ1) is 7.15. The van der Waals surface area contributed by atoms with Crippen molar-refractivity contribution in [2.75, 3.05) is 11.2 Å². The molecule has 0 bridgehead atoms. The molecule has 0 atom stereocenters. The summed E-state index contributed by atoms with van der Waals surface area (Å²) >= 11 is 0. The van der Waals surface area contributed by atoms with Gasteiger partial charge in [0.05, 0.1) is 18.1 Å². The third kappa shape index (κ3) is 1.39. The number of hydrogen-bond donors (Lipinski definition) is 2. The molecule has 1 fully saturated rings. The van der Waals surface area contributed by atoms with Crippen molar-refractivity contribution in [3.63, 3.8) is 0 Å². The zero-order valence-electron chi connectivity index (χ0n) is 6.53. The number of aromatic nitrogens is 2. The molecule has 1 aromatic rings. The molecule has 1 saturated carbocycles. The smallest absolute Gasteiger partial charge is 0.243 e. The number of rotatable bonds is 2. The number of carbonyl (C=O) groups excluding carboxylic acids is 1. The van der Waals surface area contributed by atoms with Gasteiger partial charge < -0.3 is 5.73 Å². The lowest BCUT2D eigenvalue weighted by molar-refractivity contribution is -0.118. The van der Waals surface area contributed by atoms with Crippen molar-refractivity contribution in [3.05, 3.63) is 12.4 Å². The SMILES string of the molecule is Nc1cnn(NC(=O)C2CC2)c1. The fourth-order valence-electron chi connectivity index (χ4n) is 0.948. The molecule has 2 rings (SSSR count). The number of nitrogens with zero attached hydrogens (tertiary/aromatic N) is 2. The minimum Gasteiger partial charge on any atom is -0.396 e. The maximum Gasteiger partial charge on any atom is 0.243 e. The molecular weight excluding hydrogens is 156 g/mol. The molecule has 64 valence electrons. The van der Waals surface area contributed by atoms with Gasteiger partial charge in [-0.25, -0.2) is 5.43 Å². The summed E-state index contributed by atoms with van der Waals surface area (Å²) in [4.78, 5) is 12.5. The summed E-state index contributed by atoms with van der Waals surface area (Å²) in [5.41, 5.74) is 8.57. The van der Waals surface area contributed by atoms with Crippen LogP contribution in [0.3, 0.4) is 0 Å². The van der Waals surface area contributed by atoms with Crippen LogP contribution in [0.1, 0.15) is 12.8 Å². The first-order chi connectivity index (χ1) is 5.75. The van der Waals surface area contributed by atoms with E-state index in [0.717, 1.165) is 12.8 Å². The quantitative estimate of drug-likeness (QED) is 0.646. The summed E-state index contributed by atoms with van der Waals surface area (Å²) in [6.07, 6.45) is 5.04. The van der Waals surface area contributed by atoms with Gasteiger partial charge in [-0.1, -0.05) is 0 Å². The molecule has 1 aromatic heterocycles. The van der Waals surface area contributed by atoms with E-state index >= 15 is 0 Å². The Morgan fingerprint density at radius 3 is 3.00 bits per heavy atom. The monoisotopic (exact) mass is 166 g/mol. The molecule has 5 heteroatoms. The van der Waals surface area contributed by atoms with E-state index < -0.39 is 0 Å². The van der Waals surface area contributed by atoms with Gasteiger partial charge in [0, 0.05) is 5.92 Å². The van der Waals surface area contributed by atoms with Crippen LogP contribution in [-0.2, 0) is 4.79 Å². The van der Waals surface area contributed by atoms with Crippen LogP contribution < -0.4 is 11.2 Å². The van der Waals surface area contributed by atoms with Crippen LogP contribution >= 0.6 is 0 Å². The summed E-state index contributed by atoms with van der Waals surface area (Å²) in [6, 6.07) is 0. The van der Waals surface area contributed by atoms with Gasteiger partial charge in [-0.05, 0) is 12.8 Å². The van der Waals surface area contributed by atoms with Crippen LogP contribution in [0.4, 0.5) is 5.69 Å². The Morgan fingerprint density at radius 1 is 1.75 bits per heavy atom. The average Bonchev–Trinajstić information content (AvgIpc) is 2.78. The van der Waals surface area contributed by atoms with E-state index in [-0.39, 0.29) is 11.8 Å². The predicted octanol–water partition coefficient (Wildman–Crippen LogP) is -0.0546. The molecule has 5 nitrogen and oxygen atoms in total. The van der Waals surface area contributed by atoms with Crippen LogP contribution in [0.5, 0.6) is 0 Å². The van der Waals surface area contributed by atoms with Crippen molar-refractivity contribution in [3.8, 4) is 0 Å². The van der Waals surface area contributed by atoms with Gasteiger partial charge in [0.25, 0.3) is 0 Å². The Hall–Kier alpha value is -1.52. The zero-order chi connectivity index (χ0) is 8.55. The minimum absolute atomic E-state index is 0.0260. The predicted molar refractivity (Wildman–Crippen MR) is 43.7 cm³/mol. The third-order valence-electron chi connectivity index (χ3n) is 1.78. The fourth-order valence-corrected chi connectivity index (χ4v) is 0.948. The molecule has 0 aliphatic heterocycles. The number of carbonyl (C=O) groups is 1. The maximum atomic E-state index is 11.2. The lowest BCUT2D eigenvalue weighted by atomic mass is 10.4. The number of nitrogens with two attached hydrogens (primary N) is 1. The highest BCUT2D eigenvalue weighted by Gasteiger charge is 2.29. The van der Waals surface area contributed by atoms with E-state index in [1.807, 2.05) is 0 Å². The van der Waals surface area contributed by atoms with Gasteiger partial charge in [0.2, 0.25) is 5.91 Å². The minimum atomic E-state index is 0.0260. The molecule has 3 N–H and O–H groups in total. The number of amides is 1. The Balaban J connectivity index is 1.98. The molecule has 1 aliphatic carbocycles. The molecule has 0 spiro atoms. The lowest BCUT2D eigenvalue weighted by Gasteiger charge is -2.01. The van der Waals surface area contributed by atoms with E-state index in [0.29, 0.717) is 5.69 Å². The molecule has 0 unspecified atom stereocenters. The molecule has 1 aliphatic rings. The number of anilines is 1. The normalized spacial score (nSPS) is 16.0.